The van der Waals surface area contributed by atoms with Crippen LogP contribution in [0, 0.1) is 12.8 Å². The second-order valence-corrected chi connectivity index (χ2v) is 6.57. The van der Waals surface area contributed by atoms with Crippen LogP contribution in [0.4, 0.5) is 18.9 Å². The minimum Gasteiger partial charge on any atom is -0.284 e. The number of sulfonamides is 1. The molecule has 1 N–H and O–H groups in total. The van der Waals surface area contributed by atoms with E-state index in [0.29, 0.717) is 0 Å². The molecule has 0 unspecified atom stereocenters. The summed E-state index contributed by atoms with van der Waals surface area (Å²) in [5.41, 5.74) is -0.852. The van der Waals surface area contributed by atoms with Crippen LogP contribution in [-0.4, -0.2) is 14.2 Å². The van der Waals surface area contributed by atoms with Crippen molar-refractivity contribution in [3.05, 3.63) is 29.3 Å². The molecule has 3 nitrogen and oxygen atoms in total. The van der Waals surface area contributed by atoms with E-state index in [0.717, 1.165) is 6.07 Å². The lowest BCUT2D eigenvalue weighted by Gasteiger charge is -2.14. The molecule has 7 heteroatoms. The van der Waals surface area contributed by atoms with Gasteiger partial charge in [0.1, 0.15) is 0 Å². The lowest BCUT2D eigenvalue weighted by Crippen LogP contribution is -2.20. The van der Waals surface area contributed by atoms with E-state index < -0.39 is 21.8 Å². The molecular weight excluding hydrogens is 279 g/mol. The Balaban J connectivity index is 3.05. The molecule has 0 amide bonds. The van der Waals surface area contributed by atoms with E-state index >= 15 is 0 Å². The van der Waals surface area contributed by atoms with Gasteiger partial charge in [0.05, 0.1) is 11.3 Å². The Bertz CT molecular complexity index is 551. The number of hydrogen-bond acceptors (Lipinski definition) is 2. The Hall–Kier alpha value is -1.24. The van der Waals surface area contributed by atoms with Gasteiger partial charge in [0.25, 0.3) is 0 Å². The summed E-state index contributed by atoms with van der Waals surface area (Å²) in [5, 5.41) is 0. The molecule has 0 aliphatic heterocycles. The quantitative estimate of drug-likeness (QED) is 0.925. The van der Waals surface area contributed by atoms with Gasteiger partial charge in [-0.3, -0.25) is 4.72 Å². The minimum absolute atomic E-state index is 0.0549. The number of aryl methyl sites for hydroxylation is 1. The molecule has 0 aliphatic carbocycles. The van der Waals surface area contributed by atoms with Gasteiger partial charge in [-0.1, -0.05) is 19.9 Å². The number of hydrogen-bond donors (Lipinski definition) is 1. The third-order valence-corrected chi connectivity index (χ3v) is 4.02. The molecule has 1 aromatic carbocycles. The number of halogens is 3. The van der Waals surface area contributed by atoms with Crippen molar-refractivity contribution < 1.29 is 21.6 Å². The van der Waals surface area contributed by atoms with Crippen LogP contribution in [0.5, 0.6) is 0 Å². The lowest BCUT2D eigenvalue weighted by atomic mass is 10.1. The summed E-state index contributed by atoms with van der Waals surface area (Å²) in [4.78, 5) is 0. The van der Waals surface area contributed by atoms with Crippen LogP contribution in [0.15, 0.2) is 18.2 Å². The highest BCUT2D eigenvalue weighted by Crippen LogP contribution is 2.33. The van der Waals surface area contributed by atoms with Gasteiger partial charge in [-0.25, -0.2) is 8.42 Å². The predicted molar refractivity (Wildman–Crippen MR) is 68.4 cm³/mol. The molecule has 0 bridgehead atoms. The van der Waals surface area contributed by atoms with Crippen LogP contribution < -0.4 is 4.72 Å². The molecule has 0 saturated carbocycles. The van der Waals surface area contributed by atoms with Crippen LogP contribution in [0.25, 0.3) is 0 Å². The molecule has 0 spiro atoms. The van der Waals surface area contributed by atoms with Crippen molar-refractivity contribution >= 4 is 15.7 Å². The van der Waals surface area contributed by atoms with Crippen LogP contribution in [0.2, 0.25) is 0 Å². The summed E-state index contributed by atoms with van der Waals surface area (Å²) in [5.74, 6) is -0.243. The van der Waals surface area contributed by atoms with E-state index in [1.54, 1.807) is 13.8 Å². The van der Waals surface area contributed by atoms with Gasteiger partial charge < -0.3 is 0 Å². The number of anilines is 1. The van der Waals surface area contributed by atoms with Crippen molar-refractivity contribution in [2.45, 2.75) is 26.9 Å². The molecule has 0 atom stereocenters. The van der Waals surface area contributed by atoms with Crippen molar-refractivity contribution in [3.63, 3.8) is 0 Å². The fourth-order valence-corrected chi connectivity index (χ4v) is 3.10. The van der Waals surface area contributed by atoms with Gasteiger partial charge in [0.2, 0.25) is 10.0 Å². The maximum absolute atomic E-state index is 12.7. The van der Waals surface area contributed by atoms with E-state index in [-0.39, 0.29) is 22.9 Å². The largest absolute Gasteiger partial charge is 0.416 e. The zero-order valence-corrected chi connectivity index (χ0v) is 11.7. The number of rotatable bonds is 4. The fourth-order valence-electron chi connectivity index (χ4n) is 1.65. The van der Waals surface area contributed by atoms with Gasteiger partial charge in [-0.05, 0) is 30.5 Å². The maximum Gasteiger partial charge on any atom is 0.416 e. The zero-order chi connectivity index (χ0) is 14.8. The van der Waals surface area contributed by atoms with E-state index in [1.165, 1.54) is 19.1 Å². The standard InChI is InChI=1S/C12H16F3NO2S/c1-8(2)7-19(17,18)16-10-5-4-9(3)11(6-10)12(13,14)15/h4-6,8,16H,7H2,1-3H3. The average molecular weight is 295 g/mol. The monoisotopic (exact) mass is 295 g/mol. The molecule has 1 rings (SSSR count). The number of nitrogens with one attached hydrogen (secondary N) is 1. The van der Waals surface area contributed by atoms with E-state index in [4.69, 9.17) is 0 Å². The fraction of sp³-hybridized carbons (Fsp3) is 0.500. The van der Waals surface area contributed by atoms with Gasteiger partial charge in [0, 0.05) is 5.69 Å². The predicted octanol–water partition coefficient (Wildman–Crippen LogP) is 3.41. The Kier molecular flexibility index (Phi) is 4.50. The molecular formula is C12H16F3NO2S. The highest BCUT2D eigenvalue weighted by Gasteiger charge is 2.32. The third kappa shape index (κ3) is 4.74. The van der Waals surface area contributed by atoms with Gasteiger partial charge >= 0.3 is 6.18 Å². The first-order valence-corrected chi connectivity index (χ1v) is 7.35. The van der Waals surface area contributed by atoms with Crippen LogP contribution in [0.3, 0.4) is 0 Å². The summed E-state index contributed by atoms with van der Waals surface area (Å²) in [6.45, 7) is 4.76. The number of benzene rings is 1. The van der Waals surface area contributed by atoms with E-state index in [2.05, 4.69) is 4.72 Å². The van der Waals surface area contributed by atoms with Crippen LogP contribution in [0.1, 0.15) is 25.0 Å². The SMILES string of the molecule is Cc1ccc(NS(=O)(=O)CC(C)C)cc1C(F)(F)F. The highest BCUT2D eigenvalue weighted by atomic mass is 32.2. The third-order valence-electron chi connectivity index (χ3n) is 2.37. The molecule has 0 radical (unpaired) electrons. The van der Waals surface area contributed by atoms with E-state index in [9.17, 15) is 21.6 Å². The number of alkyl halides is 3. The summed E-state index contributed by atoms with van der Waals surface area (Å²) >= 11 is 0. The molecule has 108 valence electrons. The first kappa shape index (κ1) is 15.8. The molecule has 0 aliphatic rings. The van der Waals surface area contributed by atoms with Crippen LogP contribution >= 0.6 is 0 Å². The summed E-state index contributed by atoms with van der Waals surface area (Å²) in [7, 11) is -3.63. The lowest BCUT2D eigenvalue weighted by molar-refractivity contribution is -0.138. The average Bonchev–Trinajstić information content (AvgIpc) is 2.16. The molecule has 1 aromatic rings. The normalized spacial score (nSPS) is 12.8. The van der Waals surface area contributed by atoms with Gasteiger partial charge in [-0.15, -0.1) is 0 Å². The summed E-state index contributed by atoms with van der Waals surface area (Å²) in [6, 6.07) is 3.38. The Labute approximate surface area is 110 Å². The summed E-state index contributed by atoms with van der Waals surface area (Å²) in [6.07, 6.45) is -4.50. The van der Waals surface area contributed by atoms with Gasteiger partial charge in [-0.2, -0.15) is 13.2 Å². The van der Waals surface area contributed by atoms with Crippen molar-refractivity contribution in [1.82, 2.24) is 0 Å². The minimum atomic E-state index is -4.50. The highest BCUT2D eigenvalue weighted by molar-refractivity contribution is 7.92. The second-order valence-electron chi connectivity index (χ2n) is 4.80. The van der Waals surface area contributed by atoms with Crippen molar-refractivity contribution in [2.24, 2.45) is 5.92 Å². The van der Waals surface area contributed by atoms with Crippen LogP contribution in [-0.2, 0) is 16.2 Å². The maximum atomic E-state index is 12.7. The first-order chi connectivity index (χ1) is 8.51. The Morgan fingerprint density at radius 3 is 2.32 bits per heavy atom. The van der Waals surface area contributed by atoms with Gasteiger partial charge in [0.15, 0.2) is 0 Å². The molecule has 19 heavy (non-hydrogen) atoms. The first-order valence-electron chi connectivity index (χ1n) is 5.69. The summed E-state index contributed by atoms with van der Waals surface area (Å²) < 4.78 is 63.6. The topological polar surface area (TPSA) is 46.2 Å². The van der Waals surface area contributed by atoms with E-state index in [1.807, 2.05) is 0 Å². The molecule has 0 aromatic heterocycles. The van der Waals surface area contributed by atoms with Crippen molar-refractivity contribution in [1.29, 1.82) is 0 Å². The van der Waals surface area contributed by atoms with Crippen molar-refractivity contribution in [3.8, 4) is 0 Å². The smallest absolute Gasteiger partial charge is 0.284 e. The molecule has 0 heterocycles. The molecule has 0 fully saturated rings. The second kappa shape index (κ2) is 5.40. The zero-order valence-electron chi connectivity index (χ0n) is 10.9. The Morgan fingerprint density at radius 2 is 1.84 bits per heavy atom. The Morgan fingerprint density at radius 1 is 1.26 bits per heavy atom. The van der Waals surface area contributed by atoms with Crippen molar-refractivity contribution in [2.75, 3.05) is 10.5 Å². The molecule has 0 saturated heterocycles.